The molecule has 1 amide bonds. The molecule has 0 bridgehead atoms. The second kappa shape index (κ2) is 7.42. The summed E-state index contributed by atoms with van der Waals surface area (Å²) in [5.74, 6) is -0.647. The summed E-state index contributed by atoms with van der Waals surface area (Å²) in [5.41, 5.74) is 11.8. The Morgan fingerprint density at radius 3 is 2.83 bits per heavy atom. The van der Waals surface area contributed by atoms with Crippen molar-refractivity contribution in [3.8, 4) is 11.3 Å². The fourth-order valence-corrected chi connectivity index (χ4v) is 2.05. The van der Waals surface area contributed by atoms with Gasteiger partial charge >= 0.3 is 5.97 Å². The third-order valence-corrected chi connectivity index (χ3v) is 3.34. The van der Waals surface area contributed by atoms with Crippen LogP contribution in [-0.4, -0.2) is 28.0 Å². The van der Waals surface area contributed by atoms with Gasteiger partial charge in [0.15, 0.2) is 0 Å². The van der Waals surface area contributed by atoms with Crippen LogP contribution in [0, 0.1) is 0 Å². The van der Waals surface area contributed by atoms with Gasteiger partial charge in [-0.1, -0.05) is 6.08 Å². The highest BCUT2D eigenvalue weighted by Crippen LogP contribution is 2.29. The summed E-state index contributed by atoms with van der Waals surface area (Å²) in [5, 5.41) is 11.7. The van der Waals surface area contributed by atoms with E-state index in [2.05, 4.69) is 16.9 Å². The Kier molecular flexibility index (Phi) is 5.33. The van der Waals surface area contributed by atoms with Gasteiger partial charge < -0.3 is 26.3 Å². The molecule has 2 aromatic heterocycles. The van der Waals surface area contributed by atoms with Gasteiger partial charge in [-0.2, -0.15) is 0 Å². The minimum Gasteiger partial charge on any atom is -0.478 e. The molecule has 8 nitrogen and oxygen atoms in total. The summed E-state index contributed by atoms with van der Waals surface area (Å²) in [6, 6.07) is 2.62. The summed E-state index contributed by atoms with van der Waals surface area (Å²) in [6.07, 6.45) is 4.54. The highest BCUT2D eigenvalue weighted by Gasteiger charge is 2.16. The predicted molar refractivity (Wildman–Crippen MR) is 87.9 cm³/mol. The number of carboxylic acid groups (broad SMARTS) is 1. The molecule has 0 aliphatic rings. The van der Waals surface area contributed by atoms with E-state index < -0.39 is 12.0 Å². The molecule has 1 atom stereocenters. The van der Waals surface area contributed by atoms with E-state index >= 15 is 0 Å². The molecule has 24 heavy (non-hydrogen) atoms. The van der Waals surface area contributed by atoms with E-state index in [4.69, 9.17) is 21.0 Å². The minimum absolute atomic E-state index is 0.0652. The van der Waals surface area contributed by atoms with E-state index in [1.807, 2.05) is 0 Å². The number of hydrogen-bond acceptors (Lipinski definition) is 6. The third kappa shape index (κ3) is 3.79. The summed E-state index contributed by atoms with van der Waals surface area (Å²) in [7, 11) is 0. The van der Waals surface area contributed by atoms with Gasteiger partial charge in [-0.15, -0.1) is 6.58 Å². The lowest BCUT2D eigenvalue weighted by Crippen LogP contribution is -2.39. The second-order valence-electron chi connectivity index (χ2n) is 5.07. The first-order valence-corrected chi connectivity index (χ1v) is 7.14. The highest BCUT2D eigenvalue weighted by atomic mass is 16.4. The molecule has 0 aliphatic carbocycles. The van der Waals surface area contributed by atoms with Crippen LogP contribution in [0.3, 0.4) is 0 Å². The number of carbonyl (C=O) groups is 2. The number of rotatable bonds is 7. The van der Waals surface area contributed by atoms with Crippen LogP contribution < -0.4 is 16.8 Å². The Morgan fingerprint density at radius 2 is 2.17 bits per heavy atom. The van der Waals surface area contributed by atoms with E-state index in [0.29, 0.717) is 23.5 Å². The molecule has 0 aromatic carbocycles. The lowest BCUT2D eigenvalue weighted by Gasteiger charge is -2.09. The number of carbonyl (C=O) groups excluding carboxylic acids is 1. The van der Waals surface area contributed by atoms with Gasteiger partial charge in [0, 0.05) is 12.4 Å². The average Bonchev–Trinajstić information content (AvgIpc) is 3.01. The van der Waals surface area contributed by atoms with Crippen LogP contribution in [0.1, 0.15) is 22.5 Å². The third-order valence-electron chi connectivity index (χ3n) is 3.34. The quantitative estimate of drug-likeness (QED) is 0.557. The number of nitrogen functional groups attached to an aromatic ring is 1. The number of anilines is 1. The number of aromatic carboxylic acids is 1. The van der Waals surface area contributed by atoms with Crippen molar-refractivity contribution in [3.63, 3.8) is 0 Å². The number of carboxylic acids is 1. The van der Waals surface area contributed by atoms with E-state index in [1.54, 1.807) is 18.2 Å². The Balaban J connectivity index is 2.11. The first-order valence-electron chi connectivity index (χ1n) is 7.14. The van der Waals surface area contributed by atoms with Gasteiger partial charge in [-0.3, -0.25) is 9.78 Å². The number of nitrogens with one attached hydrogen (secondary N) is 1. The molecule has 0 saturated carbocycles. The molecule has 126 valence electrons. The van der Waals surface area contributed by atoms with Crippen LogP contribution in [-0.2, 0) is 11.3 Å². The fourth-order valence-electron chi connectivity index (χ4n) is 2.05. The van der Waals surface area contributed by atoms with E-state index in [1.165, 1.54) is 12.4 Å². The summed E-state index contributed by atoms with van der Waals surface area (Å²) in [4.78, 5) is 26.7. The Bertz CT molecular complexity index is 769. The second-order valence-corrected chi connectivity index (χ2v) is 5.07. The lowest BCUT2D eigenvalue weighted by atomic mass is 10.1. The van der Waals surface area contributed by atoms with Crippen molar-refractivity contribution >= 4 is 17.6 Å². The van der Waals surface area contributed by atoms with Crippen molar-refractivity contribution in [2.24, 2.45) is 5.73 Å². The maximum atomic E-state index is 11.7. The van der Waals surface area contributed by atoms with Crippen LogP contribution in [0.15, 0.2) is 41.6 Å². The fraction of sp³-hybridized carbons (Fsp3) is 0.188. The zero-order chi connectivity index (χ0) is 17.7. The van der Waals surface area contributed by atoms with Gasteiger partial charge in [-0.05, 0) is 18.6 Å². The maximum absolute atomic E-state index is 11.7. The molecular weight excluding hydrogens is 312 g/mol. The normalized spacial score (nSPS) is 11.7. The number of aromatic nitrogens is 1. The molecule has 0 spiro atoms. The lowest BCUT2D eigenvalue weighted by molar-refractivity contribution is -0.122. The topological polar surface area (TPSA) is 144 Å². The highest BCUT2D eigenvalue weighted by molar-refractivity contribution is 5.97. The van der Waals surface area contributed by atoms with Crippen molar-refractivity contribution in [3.05, 3.63) is 48.5 Å². The first kappa shape index (κ1) is 17.2. The monoisotopic (exact) mass is 330 g/mol. The molecule has 0 radical (unpaired) electrons. The van der Waals surface area contributed by atoms with Crippen molar-refractivity contribution in [2.45, 2.75) is 19.0 Å². The molecule has 6 N–H and O–H groups in total. The van der Waals surface area contributed by atoms with Crippen molar-refractivity contribution in [2.75, 3.05) is 5.73 Å². The van der Waals surface area contributed by atoms with Gasteiger partial charge in [-0.25, -0.2) is 4.79 Å². The van der Waals surface area contributed by atoms with Crippen LogP contribution in [0.4, 0.5) is 5.69 Å². The van der Waals surface area contributed by atoms with E-state index in [0.717, 1.165) is 0 Å². The SMILES string of the molecule is C=CC[C@H](N)C(=O)NCc1ccc(-c2cncc(C(=O)O)c2N)o1. The molecule has 2 aromatic rings. The average molecular weight is 330 g/mol. The number of amides is 1. The zero-order valence-electron chi connectivity index (χ0n) is 12.9. The van der Waals surface area contributed by atoms with Gasteiger partial charge in [0.25, 0.3) is 0 Å². The summed E-state index contributed by atoms with van der Waals surface area (Å²) in [6.45, 7) is 3.68. The Morgan fingerprint density at radius 1 is 1.42 bits per heavy atom. The van der Waals surface area contributed by atoms with Crippen molar-refractivity contribution in [1.29, 1.82) is 0 Å². The van der Waals surface area contributed by atoms with E-state index in [-0.39, 0.29) is 23.7 Å². The molecule has 0 saturated heterocycles. The molecule has 0 unspecified atom stereocenters. The number of furan rings is 1. The number of nitrogens with zero attached hydrogens (tertiary/aromatic N) is 1. The first-order chi connectivity index (χ1) is 11.4. The van der Waals surface area contributed by atoms with Crippen LogP contribution in [0.2, 0.25) is 0 Å². The van der Waals surface area contributed by atoms with Gasteiger partial charge in [0.1, 0.15) is 17.1 Å². The minimum atomic E-state index is -1.17. The standard InChI is InChI=1S/C16H18N4O4/c1-2-3-12(17)15(21)20-6-9-4-5-13(24-9)10-7-19-8-11(14(10)18)16(22)23/h2,4-5,7-8,12H,1,3,6,17H2,(H2,18,19)(H,20,21)(H,22,23)/t12-/m0/s1. The summed E-state index contributed by atoms with van der Waals surface area (Å²) < 4.78 is 5.59. The van der Waals surface area contributed by atoms with Gasteiger partial charge in [0.05, 0.1) is 23.8 Å². The molecule has 0 fully saturated rings. The number of hydrogen-bond donors (Lipinski definition) is 4. The van der Waals surface area contributed by atoms with E-state index in [9.17, 15) is 9.59 Å². The zero-order valence-corrected chi connectivity index (χ0v) is 12.9. The molecule has 2 heterocycles. The van der Waals surface area contributed by atoms with Crippen LogP contribution >= 0.6 is 0 Å². The Labute approximate surface area is 138 Å². The molecule has 2 rings (SSSR count). The van der Waals surface area contributed by atoms with Crippen LogP contribution in [0.5, 0.6) is 0 Å². The van der Waals surface area contributed by atoms with Gasteiger partial charge in [0.2, 0.25) is 5.91 Å². The van der Waals surface area contributed by atoms with Crippen molar-refractivity contribution < 1.29 is 19.1 Å². The Hall–Kier alpha value is -3.13. The largest absolute Gasteiger partial charge is 0.478 e. The maximum Gasteiger partial charge on any atom is 0.339 e. The number of nitrogens with two attached hydrogens (primary N) is 2. The summed E-state index contributed by atoms with van der Waals surface area (Å²) >= 11 is 0. The van der Waals surface area contributed by atoms with Crippen LogP contribution in [0.25, 0.3) is 11.3 Å². The smallest absolute Gasteiger partial charge is 0.339 e. The van der Waals surface area contributed by atoms with Crippen molar-refractivity contribution in [1.82, 2.24) is 10.3 Å². The molecule has 8 heteroatoms. The predicted octanol–water partition coefficient (Wildman–Crippen LogP) is 1.14. The molecular formula is C16H18N4O4. The molecule has 0 aliphatic heterocycles. The number of pyridine rings is 1.